The first-order chi connectivity index (χ1) is 23.3. The maximum Gasteiger partial charge on any atom is 0.355 e. The average Bonchev–Trinajstić information content (AvgIpc) is 3.03. The molecule has 2 unspecified atom stereocenters. The van der Waals surface area contributed by atoms with Crippen LogP contribution in [0, 0.1) is 0 Å². The van der Waals surface area contributed by atoms with Crippen molar-refractivity contribution < 1.29 is 67.5 Å². The smallest absolute Gasteiger partial charge is 0.355 e. The Morgan fingerprint density at radius 3 is 2.06 bits per heavy atom. The fraction of sp³-hybridized carbons (Fsp3) is 0.229. The lowest BCUT2D eigenvalue weighted by Crippen LogP contribution is -2.45. The molecular formula is C35H32O14. The van der Waals surface area contributed by atoms with Crippen molar-refractivity contribution in [3.8, 4) is 17.2 Å². The number of carboxylic acid groups (broad SMARTS) is 1. The standard InChI is InChI=1S/C35H32O14/c1-3-5-7-16-28(36)48-30(38)19-27(33(41)49-29(37)17-8-6-4-2)47-32(40)21-35(44,34(42)43)20-31(39)46-26-15-11-14-25-23(26)18-22-12-9-10-13-24(22)45-25/h3-17,27,44H,18-21H2,1-2H3,(H,42,43)/b5-3+,6-4+,16-7+,17-8+. The molecule has 2 atom stereocenters. The van der Waals surface area contributed by atoms with E-state index in [1.165, 1.54) is 36.4 Å². The molecule has 0 saturated heterocycles. The summed E-state index contributed by atoms with van der Waals surface area (Å²) in [6, 6.07) is 11.8. The van der Waals surface area contributed by atoms with Gasteiger partial charge in [0.15, 0.2) is 5.60 Å². The molecule has 0 bridgehead atoms. The van der Waals surface area contributed by atoms with Crippen molar-refractivity contribution in [3.05, 3.63) is 102 Å². The molecule has 1 heterocycles. The molecule has 1 aliphatic heterocycles. The first-order valence-corrected chi connectivity index (χ1v) is 14.7. The molecule has 0 radical (unpaired) electrons. The van der Waals surface area contributed by atoms with Gasteiger partial charge in [-0.2, -0.15) is 0 Å². The molecule has 0 saturated carbocycles. The van der Waals surface area contributed by atoms with E-state index in [9.17, 15) is 43.8 Å². The molecule has 14 nitrogen and oxygen atoms in total. The van der Waals surface area contributed by atoms with Crippen molar-refractivity contribution in [1.29, 1.82) is 0 Å². The lowest BCUT2D eigenvalue weighted by molar-refractivity contribution is -0.181. The maximum atomic E-state index is 12.9. The number of para-hydroxylation sites is 1. The van der Waals surface area contributed by atoms with Crippen molar-refractivity contribution in [1.82, 2.24) is 0 Å². The highest BCUT2D eigenvalue weighted by Crippen LogP contribution is 2.40. The molecule has 14 heteroatoms. The quantitative estimate of drug-likeness (QED) is 0.0625. The second-order valence-corrected chi connectivity index (χ2v) is 10.3. The number of carbonyl (C=O) groups is 7. The van der Waals surface area contributed by atoms with Crippen LogP contribution in [0.5, 0.6) is 17.2 Å². The number of hydrogen-bond donors (Lipinski definition) is 2. The van der Waals surface area contributed by atoms with Gasteiger partial charge in [0.05, 0.1) is 19.3 Å². The van der Waals surface area contributed by atoms with Gasteiger partial charge in [0.1, 0.15) is 17.2 Å². The van der Waals surface area contributed by atoms with Gasteiger partial charge in [-0.05, 0) is 37.6 Å². The van der Waals surface area contributed by atoms with Crippen LogP contribution in [0.3, 0.4) is 0 Å². The number of aliphatic carboxylic acids is 1. The molecule has 0 amide bonds. The van der Waals surface area contributed by atoms with E-state index in [2.05, 4.69) is 9.47 Å². The minimum absolute atomic E-state index is 0.0249. The summed E-state index contributed by atoms with van der Waals surface area (Å²) in [5, 5.41) is 20.6. The molecule has 3 rings (SSSR count). The Balaban J connectivity index is 1.73. The number of carboxylic acids is 1. The van der Waals surface area contributed by atoms with Crippen molar-refractivity contribution in [3.63, 3.8) is 0 Å². The van der Waals surface area contributed by atoms with Gasteiger partial charge in [0.25, 0.3) is 0 Å². The molecule has 0 spiro atoms. The number of ether oxygens (including phenoxy) is 5. The Hall–Kier alpha value is -6.15. The van der Waals surface area contributed by atoms with Crippen LogP contribution in [0.4, 0.5) is 0 Å². The van der Waals surface area contributed by atoms with Gasteiger partial charge in [0.2, 0.25) is 6.10 Å². The largest absolute Gasteiger partial charge is 0.479 e. The molecule has 256 valence electrons. The Morgan fingerprint density at radius 2 is 1.41 bits per heavy atom. The molecule has 0 aliphatic carbocycles. The highest BCUT2D eigenvalue weighted by Gasteiger charge is 2.43. The zero-order valence-electron chi connectivity index (χ0n) is 26.4. The lowest BCUT2D eigenvalue weighted by atomic mass is 9.95. The number of hydrogen-bond acceptors (Lipinski definition) is 13. The SMILES string of the molecule is C/C=C/C=C/C(=O)OC(=O)CC(OC(=O)CC(O)(CC(=O)Oc1cccc2c1Cc1ccccc1O2)C(=O)O)C(=O)OC(=O)/C=C/C=C/C. The predicted molar refractivity (Wildman–Crippen MR) is 168 cm³/mol. The maximum absolute atomic E-state index is 12.9. The van der Waals surface area contributed by atoms with Crippen molar-refractivity contribution >= 4 is 41.8 Å². The third-order valence-electron chi connectivity index (χ3n) is 6.52. The van der Waals surface area contributed by atoms with Crippen LogP contribution < -0.4 is 9.47 Å². The normalized spacial score (nSPS) is 13.9. The van der Waals surface area contributed by atoms with Crippen LogP contribution in [-0.4, -0.2) is 63.7 Å². The Labute approximate surface area is 279 Å². The Bertz CT molecular complexity index is 1730. The zero-order valence-corrected chi connectivity index (χ0v) is 26.4. The van der Waals surface area contributed by atoms with Crippen molar-refractivity contribution in [2.45, 2.75) is 51.2 Å². The first kappa shape index (κ1) is 37.3. The van der Waals surface area contributed by atoms with Crippen LogP contribution in [0.2, 0.25) is 0 Å². The van der Waals surface area contributed by atoms with Gasteiger partial charge in [-0.3, -0.25) is 14.4 Å². The van der Waals surface area contributed by atoms with Crippen LogP contribution in [0.15, 0.2) is 91.1 Å². The van der Waals surface area contributed by atoms with Crippen LogP contribution >= 0.6 is 0 Å². The van der Waals surface area contributed by atoms with Crippen molar-refractivity contribution in [2.24, 2.45) is 0 Å². The zero-order chi connectivity index (χ0) is 36.0. The van der Waals surface area contributed by atoms with E-state index in [0.717, 1.165) is 17.7 Å². The number of rotatable bonds is 14. The third-order valence-corrected chi connectivity index (χ3v) is 6.52. The van der Waals surface area contributed by atoms with Crippen LogP contribution in [0.1, 0.15) is 44.2 Å². The van der Waals surface area contributed by atoms with E-state index in [1.807, 2.05) is 6.07 Å². The molecular weight excluding hydrogens is 644 g/mol. The molecule has 0 fully saturated rings. The number of aliphatic hydroxyl groups is 1. The van der Waals surface area contributed by atoms with E-state index in [0.29, 0.717) is 23.5 Å². The molecule has 0 aromatic heterocycles. The van der Waals surface area contributed by atoms with E-state index in [1.54, 1.807) is 50.3 Å². The second-order valence-electron chi connectivity index (χ2n) is 10.3. The minimum atomic E-state index is -3.11. The van der Waals surface area contributed by atoms with Gasteiger partial charge in [-0.1, -0.05) is 60.7 Å². The van der Waals surface area contributed by atoms with Crippen molar-refractivity contribution in [2.75, 3.05) is 0 Å². The summed E-state index contributed by atoms with van der Waals surface area (Å²) in [6.07, 6.45) is 4.53. The summed E-state index contributed by atoms with van der Waals surface area (Å²) in [4.78, 5) is 86.6. The number of fused-ring (bicyclic) bond motifs is 2. The van der Waals surface area contributed by atoms with Gasteiger partial charge in [-0.25, -0.2) is 19.2 Å². The monoisotopic (exact) mass is 676 g/mol. The number of esters is 6. The second kappa shape index (κ2) is 17.7. The van der Waals surface area contributed by atoms with E-state index < -0.39 is 72.8 Å². The van der Waals surface area contributed by atoms with E-state index in [4.69, 9.17) is 14.2 Å². The van der Waals surface area contributed by atoms with Gasteiger partial charge in [-0.15, -0.1) is 0 Å². The lowest BCUT2D eigenvalue weighted by Gasteiger charge is -2.24. The molecule has 1 aliphatic rings. The third kappa shape index (κ3) is 11.3. The summed E-state index contributed by atoms with van der Waals surface area (Å²) >= 11 is 0. The number of benzene rings is 2. The molecule has 2 N–H and O–H groups in total. The van der Waals surface area contributed by atoms with E-state index >= 15 is 0 Å². The number of carbonyl (C=O) groups excluding carboxylic acids is 6. The highest BCUT2D eigenvalue weighted by atomic mass is 16.6. The summed E-state index contributed by atoms with van der Waals surface area (Å²) in [7, 11) is 0. The summed E-state index contributed by atoms with van der Waals surface area (Å²) < 4.78 is 25.2. The summed E-state index contributed by atoms with van der Waals surface area (Å²) in [5.74, 6) is -9.14. The topological polar surface area (TPSA) is 206 Å². The Morgan fingerprint density at radius 1 is 0.796 bits per heavy atom. The minimum Gasteiger partial charge on any atom is -0.479 e. The van der Waals surface area contributed by atoms with Gasteiger partial charge < -0.3 is 33.9 Å². The molecule has 49 heavy (non-hydrogen) atoms. The summed E-state index contributed by atoms with van der Waals surface area (Å²) in [5.41, 5.74) is -1.84. The fourth-order valence-corrected chi connectivity index (χ4v) is 4.22. The number of allylic oxidation sites excluding steroid dienone is 6. The van der Waals surface area contributed by atoms with Crippen LogP contribution in [0.25, 0.3) is 0 Å². The predicted octanol–water partition coefficient (Wildman–Crippen LogP) is 3.59. The van der Waals surface area contributed by atoms with Crippen LogP contribution in [-0.2, 0) is 54.2 Å². The first-order valence-electron chi connectivity index (χ1n) is 14.7. The Kier molecular flexibility index (Phi) is 13.5. The molecule has 2 aromatic rings. The highest BCUT2D eigenvalue weighted by molar-refractivity contribution is 5.98. The summed E-state index contributed by atoms with van der Waals surface area (Å²) in [6.45, 7) is 3.32. The average molecular weight is 677 g/mol. The van der Waals surface area contributed by atoms with E-state index in [-0.39, 0.29) is 5.75 Å². The fourth-order valence-electron chi connectivity index (χ4n) is 4.22. The van der Waals surface area contributed by atoms with Gasteiger partial charge in [0, 0.05) is 24.1 Å². The van der Waals surface area contributed by atoms with Gasteiger partial charge >= 0.3 is 41.8 Å². The molecule has 2 aromatic carbocycles.